The van der Waals surface area contributed by atoms with Gasteiger partial charge in [0, 0.05) is 22.1 Å². The van der Waals surface area contributed by atoms with Crippen LogP contribution in [0.1, 0.15) is 25.0 Å². The second kappa shape index (κ2) is 14.7. The van der Waals surface area contributed by atoms with E-state index in [2.05, 4.69) is 243 Å². The van der Waals surface area contributed by atoms with Crippen LogP contribution in [0.25, 0.3) is 66.8 Å². The van der Waals surface area contributed by atoms with Crippen molar-refractivity contribution in [2.75, 3.05) is 4.90 Å². The summed E-state index contributed by atoms with van der Waals surface area (Å²) in [6.07, 6.45) is 0. The monoisotopic (exact) mass is 741 g/mol. The molecular formula is C57H43N. The molecule has 0 spiro atoms. The highest BCUT2D eigenvalue weighted by Gasteiger charge is 2.35. The van der Waals surface area contributed by atoms with Gasteiger partial charge in [0.25, 0.3) is 0 Å². The Balaban J connectivity index is 1.28. The van der Waals surface area contributed by atoms with Crippen molar-refractivity contribution in [2.45, 2.75) is 19.3 Å². The van der Waals surface area contributed by atoms with Gasteiger partial charge >= 0.3 is 0 Å². The molecule has 0 amide bonds. The smallest absolute Gasteiger partial charge is 0.0547 e. The van der Waals surface area contributed by atoms with Gasteiger partial charge in [0.1, 0.15) is 0 Å². The molecule has 0 saturated carbocycles. The number of benzene rings is 9. The molecule has 0 bridgehead atoms. The fraction of sp³-hybridized carbons (Fsp3) is 0.0526. The van der Waals surface area contributed by atoms with E-state index < -0.39 is 0 Å². The highest BCUT2D eigenvalue weighted by molar-refractivity contribution is 6.04. The summed E-state index contributed by atoms with van der Waals surface area (Å²) in [4.78, 5) is 2.52. The van der Waals surface area contributed by atoms with Gasteiger partial charge in [0.05, 0.1) is 17.1 Å². The van der Waals surface area contributed by atoms with Crippen molar-refractivity contribution >= 4 is 17.1 Å². The maximum absolute atomic E-state index is 2.52. The van der Waals surface area contributed by atoms with E-state index in [1.807, 2.05) is 0 Å². The predicted molar refractivity (Wildman–Crippen MR) is 246 cm³/mol. The normalized spacial score (nSPS) is 12.4. The van der Waals surface area contributed by atoms with Gasteiger partial charge in [-0.05, 0) is 85.5 Å². The van der Waals surface area contributed by atoms with E-state index in [0.29, 0.717) is 0 Å². The van der Waals surface area contributed by atoms with Gasteiger partial charge in [-0.25, -0.2) is 0 Å². The van der Waals surface area contributed by atoms with Gasteiger partial charge in [0.15, 0.2) is 0 Å². The van der Waals surface area contributed by atoms with Crippen LogP contribution in [0.3, 0.4) is 0 Å². The topological polar surface area (TPSA) is 3.24 Å². The summed E-state index contributed by atoms with van der Waals surface area (Å²) in [5, 5.41) is 0. The average molecular weight is 742 g/mol. The molecule has 9 aromatic carbocycles. The maximum atomic E-state index is 2.52. The van der Waals surface area contributed by atoms with Gasteiger partial charge < -0.3 is 4.90 Å². The van der Waals surface area contributed by atoms with Crippen LogP contribution in [-0.4, -0.2) is 0 Å². The molecule has 0 radical (unpaired) electrons. The van der Waals surface area contributed by atoms with Gasteiger partial charge in [-0.15, -0.1) is 0 Å². The third-order valence-corrected chi connectivity index (χ3v) is 11.9. The Labute approximate surface area is 342 Å². The first-order chi connectivity index (χ1) is 28.6. The number of hydrogen-bond acceptors (Lipinski definition) is 1. The minimum atomic E-state index is -0.116. The molecule has 1 aliphatic rings. The number of anilines is 3. The van der Waals surface area contributed by atoms with Crippen LogP contribution in [0.5, 0.6) is 0 Å². The largest absolute Gasteiger partial charge is 0.309 e. The summed E-state index contributed by atoms with van der Waals surface area (Å²) in [6, 6.07) is 81.9. The van der Waals surface area contributed by atoms with E-state index in [1.54, 1.807) is 0 Å². The molecule has 0 unspecified atom stereocenters. The van der Waals surface area contributed by atoms with Crippen molar-refractivity contribution in [2.24, 2.45) is 0 Å². The highest BCUT2D eigenvalue weighted by atomic mass is 15.1. The fourth-order valence-electron chi connectivity index (χ4n) is 9.14. The number of para-hydroxylation sites is 2. The van der Waals surface area contributed by atoms with E-state index in [-0.39, 0.29) is 5.41 Å². The second-order valence-corrected chi connectivity index (χ2v) is 15.6. The molecule has 10 rings (SSSR count). The first kappa shape index (κ1) is 35.2. The predicted octanol–water partition coefficient (Wildman–Crippen LogP) is 15.8. The van der Waals surface area contributed by atoms with Crippen LogP contribution in [0.15, 0.2) is 224 Å². The van der Waals surface area contributed by atoms with Crippen molar-refractivity contribution in [1.29, 1.82) is 0 Å². The number of rotatable bonds is 8. The van der Waals surface area contributed by atoms with Crippen molar-refractivity contribution in [1.82, 2.24) is 0 Å². The molecule has 0 atom stereocenters. The lowest BCUT2D eigenvalue weighted by Gasteiger charge is -2.33. The van der Waals surface area contributed by atoms with Gasteiger partial charge in [-0.3, -0.25) is 0 Å². The van der Waals surface area contributed by atoms with Crippen molar-refractivity contribution in [3.05, 3.63) is 236 Å². The molecule has 0 heterocycles. The zero-order valence-corrected chi connectivity index (χ0v) is 32.8. The SMILES string of the molecule is CC1(C)c2ccccc2-c2ccc(-c3ccccc3N(c3ccccc3-c3ccccc3)c3cccc(-c4ccccc4)c3-c3ccccc3-c3ccccc3)cc21. The number of fused-ring (bicyclic) bond motifs is 3. The van der Waals surface area contributed by atoms with Crippen molar-refractivity contribution in [3.8, 4) is 66.8 Å². The van der Waals surface area contributed by atoms with Crippen molar-refractivity contribution in [3.63, 3.8) is 0 Å². The van der Waals surface area contributed by atoms with Crippen LogP contribution in [0, 0.1) is 0 Å². The lowest BCUT2D eigenvalue weighted by molar-refractivity contribution is 0.660. The Hall–Kier alpha value is -7.22. The van der Waals surface area contributed by atoms with E-state index in [4.69, 9.17) is 0 Å². The Morgan fingerprint density at radius 1 is 0.276 bits per heavy atom. The summed E-state index contributed by atoms with van der Waals surface area (Å²) in [5.74, 6) is 0. The van der Waals surface area contributed by atoms with Crippen molar-refractivity contribution < 1.29 is 0 Å². The van der Waals surface area contributed by atoms with E-state index in [1.165, 1.54) is 72.3 Å². The lowest BCUT2D eigenvalue weighted by atomic mass is 9.81. The standard InChI is InChI=1S/C57H43N/c1-57(2)51-33-17-14-30-48(51)49-38-37-43(39-52(49)57)46-29-16-19-35-54(46)58(53-34-18-15-28-45(53)41-23-8-4-9-24-41)55-36-20-32-47(42-25-10-5-11-26-42)56(55)50-31-13-12-27-44(50)40-21-6-3-7-22-40/h3-39H,1-2H3. The lowest BCUT2D eigenvalue weighted by Crippen LogP contribution is -2.15. The minimum Gasteiger partial charge on any atom is -0.309 e. The zero-order valence-electron chi connectivity index (χ0n) is 32.8. The van der Waals surface area contributed by atoms with Crippen LogP contribution < -0.4 is 4.90 Å². The molecule has 1 nitrogen and oxygen atoms in total. The Morgan fingerprint density at radius 3 is 1.31 bits per heavy atom. The first-order valence-corrected chi connectivity index (χ1v) is 20.2. The van der Waals surface area contributed by atoms with Crippen LogP contribution in [0.4, 0.5) is 17.1 Å². The number of nitrogens with zero attached hydrogens (tertiary/aromatic N) is 1. The third-order valence-electron chi connectivity index (χ3n) is 11.9. The number of hydrogen-bond donors (Lipinski definition) is 0. The van der Waals surface area contributed by atoms with Crippen LogP contribution >= 0.6 is 0 Å². The molecule has 0 fully saturated rings. The third kappa shape index (κ3) is 6.04. The quantitative estimate of drug-likeness (QED) is 0.150. The Morgan fingerprint density at radius 2 is 0.690 bits per heavy atom. The molecule has 276 valence electrons. The molecular weight excluding hydrogens is 699 g/mol. The van der Waals surface area contributed by atoms with Gasteiger partial charge in [-0.1, -0.05) is 214 Å². The van der Waals surface area contributed by atoms with E-state index in [0.717, 1.165) is 22.6 Å². The fourth-order valence-corrected chi connectivity index (χ4v) is 9.14. The second-order valence-electron chi connectivity index (χ2n) is 15.6. The van der Waals surface area contributed by atoms with Crippen LogP contribution in [-0.2, 0) is 5.41 Å². The zero-order chi connectivity index (χ0) is 39.1. The maximum Gasteiger partial charge on any atom is 0.0547 e. The molecule has 1 heteroatoms. The summed E-state index contributed by atoms with van der Waals surface area (Å²) < 4.78 is 0. The molecule has 0 saturated heterocycles. The summed E-state index contributed by atoms with van der Waals surface area (Å²) in [6.45, 7) is 4.72. The molecule has 1 aliphatic carbocycles. The molecule has 9 aromatic rings. The minimum absolute atomic E-state index is 0.116. The molecule has 58 heavy (non-hydrogen) atoms. The highest BCUT2D eigenvalue weighted by Crippen LogP contribution is 2.53. The summed E-state index contributed by atoms with van der Waals surface area (Å²) in [7, 11) is 0. The molecule has 0 aromatic heterocycles. The molecule has 0 N–H and O–H groups in total. The average Bonchev–Trinajstić information content (AvgIpc) is 3.53. The van der Waals surface area contributed by atoms with Gasteiger partial charge in [-0.2, -0.15) is 0 Å². The summed E-state index contributed by atoms with van der Waals surface area (Å²) in [5.41, 5.74) is 20.4. The van der Waals surface area contributed by atoms with Crippen LogP contribution in [0.2, 0.25) is 0 Å². The Bertz CT molecular complexity index is 2910. The first-order valence-electron chi connectivity index (χ1n) is 20.2. The van der Waals surface area contributed by atoms with Gasteiger partial charge in [0.2, 0.25) is 0 Å². The van der Waals surface area contributed by atoms with E-state index in [9.17, 15) is 0 Å². The van der Waals surface area contributed by atoms with E-state index >= 15 is 0 Å². The Kier molecular flexibility index (Phi) is 8.92. The summed E-state index contributed by atoms with van der Waals surface area (Å²) >= 11 is 0. The molecule has 0 aliphatic heterocycles.